The fraction of sp³-hybridized carbons (Fsp3) is 0.273. The van der Waals surface area contributed by atoms with E-state index in [0.29, 0.717) is 5.69 Å². The molecule has 0 amide bonds. The fourth-order valence-electron chi connectivity index (χ4n) is 1.24. The summed E-state index contributed by atoms with van der Waals surface area (Å²) in [6.07, 6.45) is 1.56. The highest BCUT2D eigenvalue weighted by molar-refractivity contribution is 7.90. The van der Waals surface area contributed by atoms with E-state index in [1.54, 1.807) is 30.3 Å². The maximum atomic E-state index is 12.0. The molecule has 0 atom stereocenters. The van der Waals surface area contributed by atoms with Crippen LogP contribution in [0.15, 0.2) is 43.0 Å². The van der Waals surface area contributed by atoms with Crippen LogP contribution < -0.4 is 4.31 Å². The van der Waals surface area contributed by atoms with Crippen LogP contribution in [0.25, 0.3) is 0 Å². The number of hydrogen-bond acceptors (Lipinski definition) is 2. The van der Waals surface area contributed by atoms with E-state index < -0.39 is 10.2 Å². The second kappa shape index (κ2) is 5.14. The summed E-state index contributed by atoms with van der Waals surface area (Å²) in [5.41, 5.74) is 0.635. The summed E-state index contributed by atoms with van der Waals surface area (Å²) in [6.45, 7) is 3.83. The van der Waals surface area contributed by atoms with Gasteiger partial charge in [0.1, 0.15) is 0 Å². The molecular weight excluding hydrogens is 224 g/mol. The average Bonchev–Trinajstić information content (AvgIpc) is 2.26. The van der Waals surface area contributed by atoms with Crippen LogP contribution in [0.2, 0.25) is 0 Å². The molecule has 5 heteroatoms. The van der Waals surface area contributed by atoms with E-state index in [2.05, 4.69) is 6.58 Å². The number of anilines is 1. The van der Waals surface area contributed by atoms with Gasteiger partial charge in [-0.2, -0.15) is 12.7 Å². The summed E-state index contributed by atoms with van der Waals surface area (Å²) >= 11 is 0. The van der Waals surface area contributed by atoms with E-state index in [1.165, 1.54) is 22.7 Å². The first-order valence-corrected chi connectivity index (χ1v) is 6.26. The van der Waals surface area contributed by atoms with E-state index >= 15 is 0 Å². The van der Waals surface area contributed by atoms with Gasteiger partial charge in [-0.25, -0.2) is 0 Å². The number of nitrogens with zero attached hydrogens (tertiary/aromatic N) is 2. The summed E-state index contributed by atoms with van der Waals surface area (Å²) in [5.74, 6) is 0. The fourth-order valence-corrected chi connectivity index (χ4v) is 2.32. The van der Waals surface area contributed by atoms with Crippen molar-refractivity contribution < 1.29 is 8.42 Å². The average molecular weight is 240 g/mol. The maximum absolute atomic E-state index is 12.0. The minimum Gasteiger partial charge on any atom is -0.254 e. The zero-order chi connectivity index (χ0) is 12.2. The quantitative estimate of drug-likeness (QED) is 0.732. The van der Waals surface area contributed by atoms with Crippen molar-refractivity contribution in [1.29, 1.82) is 0 Å². The van der Waals surface area contributed by atoms with Gasteiger partial charge in [-0.1, -0.05) is 24.3 Å². The molecule has 1 aromatic rings. The van der Waals surface area contributed by atoms with Crippen molar-refractivity contribution in [3.8, 4) is 0 Å². The molecule has 0 saturated carbocycles. The van der Waals surface area contributed by atoms with Gasteiger partial charge >= 0.3 is 10.2 Å². The molecule has 1 rings (SSSR count). The van der Waals surface area contributed by atoms with Crippen molar-refractivity contribution in [2.24, 2.45) is 0 Å². The Labute approximate surface area is 97.0 Å². The van der Waals surface area contributed by atoms with Gasteiger partial charge in [-0.3, -0.25) is 4.31 Å². The molecule has 0 N–H and O–H groups in total. The summed E-state index contributed by atoms with van der Waals surface area (Å²) in [5, 5.41) is 0. The minimum absolute atomic E-state index is 0.254. The van der Waals surface area contributed by atoms with E-state index in [1.807, 2.05) is 6.07 Å². The summed E-state index contributed by atoms with van der Waals surface area (Å²) < 4.78 is 26.5. The summed E-state index contributed by atoms with van der Waals surface area (Å²) in [6, 6.07) is 8.96. The first-order valence-electron chi connectivity index (χ1n) is 4.86. The SMILES string of the molecule is C=CCN(c1ccccc1)S(=O)(=O)N(C)C. The molecule has 0 bridgehead atoms. The minimum atomic E-state index is -3.46. The predicted octanol–water partition coefficient (Wildman–Crippen LogP) is 1.49. The molecular formula is C11H16N2O2S. The van der Waals surface area contributed by atoms with Gasteiger partial charge in [0, 0.05) is 14.1 Å². The lowest BCUT2D eigenvalue weighted by Crippen LogP contribution is -2.40. The zero-order valence-electron chi connectivity index (χ0n) is 9.50. The predicted molar refractivity (Wildman–Crippen MR) is 66.6 cm³/mol. The highest BCUT2D eigenvalue weighted by Gasteiger charge is 2.23. The Morgan fingerprint density at radius 3 is 2.25 bits per heavy atom. The van der Waals surface area contributed by atoms with Crippen LogP contribution in [0.3, 0.4) is 0 Å². The highest BCUT2D eigenvalue weighted by Crippen LogP contribution is 2.18. The van der Waals surface area contributed by atoms with E-state index in [0.717, 1.165) is 0 Å². The van der Waals surface area contributed by atoms with Crippen LogP contribution in [0.4, 0.5) is 5.69 Å². The van der Waals surface area contributed by atoms with E-state index in [9.17, 15) is 8.42 Å². The molecule has 0 unspecified atom stereocenters. The molecule has 0 aliphatic heterocycles. The molecule has 0 aliphatic carbocycles. The Morgan fingerprint density at radius 2 is 1.81 bits per heavy atom. The number of hydrogen-bond donors (Lipinski definition) is 0. The molecule has 0 spiro atoms. The second-order valence-corrected chi connectivity index (χ2v) is 5.51. The lowest BCUT2D eigenvalue weighted by molar-refractivity contribution is 0.517. The zero-order valence-corrected chi connectivity index (χ0v) is 10.3. The smallest absolute Gasteiger partial charge is 0.254 e. The number of rotatable bonds is 5. The molecule has 0 aliphatic rings. The van der Waals surface area contributed by atoms with Gasteiger partial charge in [0.25, 0.3) is 0 Å². The van der Waals surface area contributed by atoms with Gasteiger partial charge in [-0.05, 0) is 12.1 Å². The third-order valence-corrected chi connectivity index (χ3v) is 3.92. The number of para-hydroxylation sites is 1. The molecule has 0 radical (unpaired) electrons. The van der Waals surface area contributed by atoms with Crippen molar-refractivity contribution in [3.63, 3.8) is 0 Å². The molecule has 0 fully saturated rings. The van der Waals surface area contributed by atoms with Gasteiger partial charge in [-0.15, -0.1) is 6.58 Å². The van der Waals surface area contributed by atoms with Crippen LogP contribution in [0, 0.1) is 0 Å². The van der Waals surface area contributed by atoms with Gasteiger partial charge in [0.15, 0.2) is 0 Å². The Bertz CT molecular complexity index is 440. The Hall–Kier alpha value is -1.33. The molecule has 0 saturated heterocycles. The van der Waals surface area contributed by atoms with Crippen LogP contribution in [0.1, 0.15) is 0 Å². The summed E-state index contributed by atoms with van der Waals surface area (Å²) in [4.78, 5) is 0. The standard InChI is InChI=1S/C11H16N2O2S/c1-4-10-13(16(14,15)12(2)3)11-8-6-5-7-9-11/h4-9H,1,10H2,2-3H3. The molecule has 1 aromatic carbocycles. The third-order valence-electron chi connectivity index (χ3n) is 2.08. The molecule has 4 nitrogen and oxygen atoms in total. The monoisotopic (exact) mass is 240 g/mol. The van der Waals surface area contributed by atoms with Crippen molar-refractivity contribution in [1.82, 2.24) is 4.31 Å². The van der Waals surface area contributed by atoms with Crippen molar-refractivity contribution >= 4 is 15.9 Å². The van der Waals surface area contributed by atoms with Gasteiger partial charge < -0.3 is 0 Å². The lowest BCUT2D eigenvalue weighted by atomic mass is 10.3. The van der Waals surface area contributed by atoms with Crippen molar-refractivity contribution in [2.45, 2.75) is 0 Å². The third kappa shape index (κ3) is 2.62. The molecule has 0 heterocycles. The largest absolute Gasteiger partial charge is 0.303 e. The first kappa shape index (κ1) is 12.7. The van der Waals surface area contributed by atoms with Crippen LogP contribution in [-0.4, -0.2) is 33.4 Å². The Kier molecular flexibility index (Phi) is 4.09. The lowest BCUT2D eigenvalue weighted by Gasteiger charge is -2.26. The normalized spacial score (nSPS) is 11.4. The molecule has 88 valence electrons. The molecule has 16 heavy (non-hydrogen) atoms. The maximum Gasteiger partial charge on any atom is 0.303 e. The second-order valence-electron chi connectivity index (χ2n) is 3.45. The van der Waals surface area contributed by atoms with E-state index in [-0.39, 0.29) is 6.54 Å². The van der Waals surface area contributed by atoms with E-state index in [4.69, 9.17) is 0 Å². The van der Waals surface area contributed by atoms with Crippen molar-refractivity contribution in [2.75, 3.05) is 24.9 Å². The Morgan fingerprint density at radius 1 is 1.25 bits per heavy atom. The van der Waals surface area contributed by atoms with Crippen LogP contribution in [-0.2, 0) is 10.2 Å². The van der Waals surface area contributed by atoms with Crippen molar-refractivity contribution in [3.05, 3.63) is 43.0 Å². The summed E-state index contributed by atoms with van der Waals surface area (Å²) in [7, 11) is -0.442. The highest BCUT2D eigenvalue weighted by atomic mass is 32.2. The van der Waals surface area contributed by atoms with Crippen LogP contribution in [0.5, 0.6) is 0 Å². The Balaban J connectivity index is 3.16. The van der Waals surface area contributed by atoms with Gasteiger partial charge in [0.2, 0.25) is 0 Å². The topological polar surface area (TPSA) is 40.6 Å². The molecule has 0 aromatic heterocycles. The van der Waals surface area contributed by atoms with Gasteiger partial charge in [0.05, 0.1) is 12.2 Å². The number of benzene rings is 1. The van der Waals surface area contributed by atoms with Crippen LogP contribution >= 0.6 is 0 Å². The first-order chi connectivity index (χ1) is 7.50.